The van der Waals surface area contributed by atoms with Crippen molar-refractivity contribution < 1.29 is 13.6 Å². The number of carbonyl (C=O) groups excluding carboxylic acids is 1. The fourth-order valence-electron chi connectivity index (χ4n) is 1.92. The highest BCUT2D eigenvalue weighted by Gasteiger charge is 2.25. The second kappa shape index (κ2) is 6.61. The van der Waals surface area contributed by atoms with Crippen LogP contribution in [0.25, 0.3) is 0 Å². The Kier molecular flexibility index (Phi) is 5.42. The molecule has 0 heterocycles. The van der Waals surface area contributed by atoms with Crippen molar-refractivity contribution in [3.63, 3.8) is 0 Å². The lowest BCUT2D eigenvalue weighted by Crippen LogP contribution is -2.41. The lowest BCUT2D eigenvalue weighted by atomic mass is 9.82. The van der Waals surface area contributed by atoms with Gasteiger partial charge in [-0.15, -0.1) is 0 Å². The first-order valence-electron chi connectivity index (χ1n) is 6.40. The molecule has 3 N–H and O–H groups in total. The molecule has 0 fully saturated rings. The number of carbonyl (C=O) groups is 1. The summed E-state index contributed by atoms with van der Waals surface area (Å²) in [6.07, 6.45) is 1.66. The molecule has 19 heavy (non-hydrogen) atoms. The van der Waals surface area contributed by atoms with Gasteiger partial charge in [-0.25, -0.2) is 8.78 Å². The van der Waals surface area contributed by atoms with Crippen molar-refractivity contribution in [2.75, 3.05) is 13.1 Å². The van der Waals surface area contributed by atoms with Crippen LogP contribution in [0, 0.1) is 17.0 Å². The van der Waals surface area contributed by atoms with Crippen LogP contribution in [0.3, 0.4) is 0 Å². The van der Waals surface area contributed by atoms with Crippen LogP contribution in [0.5, 0.6) is 0 Å². The molecule has 3 nitrogen and oxygen atoms in total. The van der Waals surface area contributed by atoms with Crippen LogP contribution >= 0.6 is 0 Å². The van der Waals surface area contributed by atoms with Crippen LogP contribution in [0.2, 0.25) is 0 Å². The Morgan fingerprint density at radius 1 is 1.21 bits per heavy atom. The second-order valence-electron chi connectivity index (χ2n) is 4.75. The van der Waals surface area contributed by atoms with Gasteiger partial charge in [0, 0.05) is 18.2 Å². The molecule has 0 saturated heterocycles. The quantitative estimate of drug-likeness (QED) is 0.834. The number of benzene rings is 1. The smallest absolute Gasteiger partial charge is 0.251 e. The van der Waals surface area contributed by atoms with Gasteiger partial charge < -0.3 is 11.1 Å². The largest absolute Gasteiger partial charge is 0.351 e. The summed E-state index contributed by atoms with van der Waals surface area (Å²) < 4.78 is 26.0. The summed E-state index contributed by atoms with van der Waals surface area (Å²) in [6.45, 7) is 4.86. The highest BCUT2D eigenvalue weighted by Crippen LogP contribution is 2.23. The molecule has 0 bridgehead atoms. The summed E-state index contributed by atoms with van der Waals surface area (Å²) in [4.78, 5) is 11.9. The van der Waals surface area contributed by atoms with Crippen molar-refractivity contribution in [1.82, 2.24) is 5.32 Å². The zero-order valence-electron chi connectivity index (χ0n) is 11.3. The van der Waals surface area contributed by atoms with Crippen LogP contribution in [0.4, 0.5) is 8.78 Å². The van der Waals surface area contributed by atoms with E-state index in [2.05, 4.69) is 5.32 Å². The molecular formula is C14H20F2N2O. The van der Waals surface area contributed by atoms with E-state index >= 15 is 0 Å². The van der Waals surface area contributed by atoms with E-state index in [4.69, 9.17) is 5.73 Å². The van der Waals surface area contributed by atoms with E-state index in [1.807, 2.05) is 13.8 Å². The van der Waals surface area contributed by atoms with Crippen molar-refractivity contribution in [3.8, 4) is 0 Å². The molecule has 0 unspecified atom stereocenters. The lowest BCUT2D eigenvalue weighted by Gasteiger charge is -2.30. The number of rotatable bonds is 6. The van der Waals surface area contributed by atoms with Crippen LogP contribution < -0.4 is 11.1 Å². The van der Waals surface area contributed by atoms with Crippen molar-refractivity contribution >= 4 is 5.91 Å². The summed E-state index contributed by atoms with van der Waals surface area (Å²) in [5.74, 6) is -2.01. The van der Waals surface area contributed by atoms with Crippen molar-refractivity contribution in [3.05, 3.63) is 35.4 Å². The van der Waals surface area contributed by atoms with Gasteiger partial charge in [0.15, 0.2) is 0 Å². The van der Waals surface area contributed by atoms with Gasteiger partial charge in [0.05, 0.1) is 0 Å². The van der Waals surface area contributed by atoms with Crippen molar-refractivity contribution in [2.24, 2.45) is 11.1 Å². The Balaban J connectivity index is 2.74. The van der Waals surface area contributed by atoms with Gasteiger partial charge in [-0.2, -0.15) is 0 Å². The Morgan fingerprint density at radius 3 is 2.16 bits per heavy atom. The minimum Gasteiger partial charge on any atom is -0.351 e. The van der Waals surface area contributed by atoms with Crippen molar-refractivity contribution in [1.29, 1.82) is 0 Å². The fraction of sp³-hybridized carbons (Fsp3) is 0.500. The third kappa shape index (κ3) is 3.99. The molecule has 0 atom stereocenters. The maximum absolute atomic E-state index is 13.0. The van der Waals surface area contributed by atoms with Crippen LogP contribution in [-0.4, -0.2) is 19.0 Å². The molecule has 0 aliphatic heterocycles. The average molecular weight is 270 g/mol. The van der Waals surface area contributed by atoms with Gasteiger partial charge in [0.2, 0.25) is 0 Å². The minimum atomic E-state index is -0.763. The average Bonchev–Trinajstić information content (AvgIpc) is 2.39. The molecule has 5 heteroatoms. The zero-order chi connectivity index (χ0) is 14.5. The SMILES string of the molecule is CCC(CC)(CN)CNC(=O)c1cc(F)cc(F)c1. The molecule has 106 valence electrons. The Hall–Kier alpha value is -1.49. The molecule has 0 aliphatic carbocycles. The van der Waals surface area contributed by atoms with Gasteiger partial charge >= 0.3 is 0 Å². The third-order valence-electron chi connectivity index (χ3n) is 3.68. The second-order valence-corrected chi connectivity index (χ2v) is 4.75. The summed E-state index contributed by atoms with van der Waals surface area (Å²) in [5.41, 5.74) is 5.55. The molecule has 0 aliphatic rings. The minimum absolute atomic E-state index is 0.0179. The number of hydrogen-bond donors (Lipinski definition) is 2. The number of halogens is 2. The monoisotopic (exact) mass is 270 g/mol. The number of amides is 1. The Morgan fingerprint density at radius 2 is 1.74 bits per heavy atom. The number of nitrogens with one attached hydrogen (secondary N) is 1. The summed E-state index contributed by atoms with van der Waals surface area (Å²) in [6, 6.07) is 2.76. The van der Waals surface area contributed by atoms with Crippen LogP contribution in [0.15, 0.2) is 18.2 Å². The first-order chi connectivity index (χ1) is 8.96. The zero-order valence-corrected chi connectivity index (χ0v) is 11.3. The molecule has 0 spiro atoms. The molecular weight excluding hydrogens is 250 g/mol. The first kappa shape index (κ1) is 15.6. The normalized spacial score (nSPS) is 11.4. The predicted octanol–water partition coefficient (Wildman–Crippen LogP) is 2.46. The maximum atomic E-state index is 13.0. The molecule has 0 saturated carbocycles. The molecule has 1 aromatic rings. The van der Waals surface area contributed by atoms with Gasteiger partial charge in [-0.3, -0.25) is 4.79 Å². The Bertz CT molecular complexity index is 417. The molecule has 0 aromatic heterocycles. The van der Waals surface area contributed by atoms with Gasteiger partial charge in [-0.05, 0) is 36.9 Å². The van der Waals surface area contributed by atoms with Crippen LogP contribution in [-0.2, 0) is 0 Å². The first-order valence-corrected chi connectivity index (χ1v) is 6.40. The highest BCUT2D eigenvalue weighted by atomic mass is 19.1. The van der Waals surface area contributed by atoms with E-state index < -0.39 is 17.5 Å². The summed E-state index contributed by atoms with van der Waals surface area (Å²) in [7, 11) is 0. The van der Waals surface area contributed by atoms with E-state index in [0.717, 1.165) is 31.0 Å². The Labute approximate surface area is 112 Å². The van der Waals surface area contributed by atoms with E-state index in [9.17, 15) is 13.6 Å². The standard InChI is InChI=1S/C14H20F2N2O/c1-3-14(4-2,8-17)9-18-13(19)10-5-11(15)7-12(16)6-10/h5-7H,3-4,8-9,17H2,1-2H3,(H,18,19). The molecule has 1 amide bonds. The number of hydrogen-bond acceptors (Lipinski definition) is 2. The molecule has 0 radical (unpaired) electrons. The number of nitrogens with two attached hydrogens (primary N) is 1. The summed E-state index contributed by atoms with van der Waals surface area (Å²) >= 11 is 0. The van der Waals surface area contributed by atoms with E-state index in [0.29, 0.717) is 13.1 Å². The summed E-state index contributed by atoms with van der Waals surface area (Å²) in [5, 5.41) is 2.69. The van der Waals surface area contributed by atoms with Gasteiger partial charge in [0.25, 0.3) is 5.91 Å². The maximum Gasteiger partial charge on any atom is 0.251 e. The van der Waals surface area contributed by atoms with E-state index in [-0.39, 0.29) is 11.0 Å². The third-order valence-corrected chi connectivity index (χ3v) is 3.68. The van der Waals surface area contributed by atoms with Gasteiger partial charge in [0.1, 0.15) is 11.6 Å². The van der Waals surface area contributed by atoms with Crippen molar-refractivity contribution in [2.45, 2.75) is 26.7 Å². The highest BCUT2D eigenvalue weighted by molar-refractivity contribution is 5.94. The molecule has 1 rings (SSSR count). The topological polar surface area (TPSA) is 55.1 Å². The lowest BCUT2D eigenvalue weighted by molar-refractivity contribution is 0.0927. The van der Waals surface area contributed by atoms with Crippen LogP contribution in [0.1, 0.15) is 37.0 Å². The fourth-order valence-corrected chi connectivity index (χ4v) is 1.92. The van der Waals surface area contributed by atoms with E-state index in [1.54, 1.807) is 0 Å². The predicted molar refractivity (Wildman–Crippen MR) is 70.8 cm³/mol. The van der Waals surface area contributed by atoms with E-state index in [1.165, 1.54) is 0 Å². The molecule has 1 aromatic carbocycles. The van der Waals surface area contributed by atoms with Gasteiger partial charge in [-0.1, -0.05) is 13.8 Å².